The Bertz CT molecular complexity index is 676. The Morgan fingerprint density at radius 3 is 2.74 bits per heavy atom. The van der Waals surface area contributed by atoms with Crippen LogP contribution >= 0.6 is 11.6 Å². The molecule has 0 bridgehead atoms. The molecule has 0 spiro atoms. The average Bonchev–Trinajstić information content (AvgIpc) is 2.82. The van der Waals surface area contributed by atoms with Gasteiger partial charge in [0, 0.05) is 11.6 Å². The summed E-state index contributed by atoms with van der Waals surface area (Å²) < 4.78 is 0. The first-order chi connectivity index (χ1) is 9.31. The first-order valence-electron chi connectivity index (χ1n) is 6.20. The lowest BCUT2D eigenvalue weighted by atomic mass is 10.2. The maximum atomic E-state index is 5.95. The van der Waals surface area contributed by atoms with Gasteiger partial charge in [-0.2, -0.15) is 0 Å². The van der Waals surface area contributed by atoms with Gasteiger partial charge in [-0.25, -0.2) is 4.98 Å². The number of aromatic nitrogens is 2. The molecule has 0 unspecified atom stereocenters. The van der Waals surface area contributed by atoms with E-state index in [1.54, 1.807) is 0 Å². The number of nitrogens with one attached hydrogen (secondary N) is 2. The summed E-state index contributed by atoms with van der Waals surface area (Å²) in [6.07, 6.45) is 0. The van der Waals surface area contributed by atoms with Gasteiger partial charge >= 0.3 is 0 Å². The van der Waals surface area contributed by atoms with Gasteiger partial charge in [0.25, 0.3) is 0 Å². The first kappa shape index (κ1) is 12.2. The molecular formula is C15H14ClN3. The fraction of sp³-hybridized carbons (Fsp3) is 0.133. The second-order valence-electron chi connectivity index (χ2n) is 4.43. The van der Waals surface area contributed by atoms with Gasteiger partial charge in [0.2, 0.25) is 0 Å². The van der Waals surface area contributed by atoms with E-state index in [0.717, 1.165) is 28.4 Å². The molecule has 19 heavy (non-hydrogen) atoms. The summed E-state index contributed by atoms with van der Waals surface area (Å²) in [6, 6.07) is 16.0. The highest BCUT2D eigenvalue weighted by molar-refractivity contribution is 6.31. The van der Waals surface area contributed by atoms with E-state index in [2.05, 4.69) is 27.4 Å². The normalized spacial score (nSPS) is 11.0. The molecule has 0 radical (unpaired) electrons. The average molecular weight is 272 g/mol. The molecule has 0 aliphatic rings. The Balaban J connectivity index is 1.65. The van der Waals surface area contributed by atoms with Gasteiger partial charge in [-0.15, -0.1) is 0 Å². The van der Waals surface area contributed by atoms with Crippen LogP contribution in [0, 0.1) is 0 Å². The van der Waals surface area contributed by atoms with Crippen molar-refractivity contribution in [2.45, 2.75) is 13.1 Å². The van der Waals surface area contributed by atoms with E-state index in [0.29, 0.717) is 6.54 Å². The van der Waals surface area contributed by atoms with E-state index < -0.39 is 0 Å². The highest BCUT2D eigenvalue weighted by Gasteiger charge is 2.02. The van der Waals surface area contributed by atoms with Gasteiger partial charge in [0.1, 0.15) is 5.82 Å². The highest BCUT2D eigenvalue weighted by atomic mass is 35.5. The van der Waals surface area contributed by atoms with Crippen molar-refractivity contribution >= 4 is 22.6 Å². The standard InChI is InChI=1S/C15H14ClN3/c16-12-6-7-13-14(8-12)19-15(18-13)10-17-9-11-4-2-1-3-5-11/h1-8,17H,9-10H2,(H,18,19). The predicted molar refractivity (Wildman–Crippen MR) is 78.1 cm³/mol. The van der Waals surface area contributed by atoms with E-state index in [9.17, 15) is 0 Å². The summed E-state index contributed by atoms with van der Waals surface area (Å²) in [6.45, 7) is 1.54. The SMILES string of the molecule is Clc1ccc2nc(CNCc3ccccc3)[nH]c2c1. The number of hydrogen-bond donors (Lipinski definition) is 2. The van der Waals surface area contributed by atoms with E-state index in [4.69, 9.17) is 11.6 Å². The molecule has 1 aromatic heterocycles. The lowest BCUT2D eigenvalue weighted by Crippen LogP contribution is -2.13. The van der Waals surface area contributed by atoms with Crippen LogP contribution in [0.5, 0.6) is 0 Å². The summed E-state index contributed by atoms with van der Waals surface area (Å²) in [7, 11) is 0. The van der Waals surface area contributed by atoms with Crippen LogP contribution in [-0.2, 0) is 13.1 Å². The summed E-state index contributed by atoms with van der Waals surface area (Å²) in [5.74, 6) is 0.924. The second kappa shape index (κ2) is 5.43. The van der Waals surface area contributed by atoms with Crippen molar-refractivity contribution in [1.82, 2.24) is 15.3 Å². The third kappa shape index (κ3) is 2.95. The number of rotatable bonds is 4. The van der Waals surface area contributed by atoms with Crippen LogP contribution in [0.3, 0.4) is 0 Å². The molecule has 0 aliphatic heterocycles. The Labute approximate surface area is 116 Å². The third-order valence-corrected chi connectivity index (χ3v) is 3.19. The summed E-state index contributed by atoms with van der Waals surface area (Å²) >= 11 is 5.95. The van der Waals surface area contributed by atoms with Gasteiger partial charge < -0.3 is 10.3 Å². The zero-order chi connectivity index (χ0) is 13.1. The maximum Gasteiger partial charge on any atom is 0.121 e. The third-order valence-electron chi connectivity index (χ3n) is 2.96. The van der Waals surface area contributed by atoms with Crippen molar-refractivity contribution in [2.75, 3.05) is 0 Å². The fourth-order valence-corrected chi connectivity index (χ4v) is 2.21. The zero-order valence-corrected chi connectivity index (χ0v) is 11.1. The van der Waals surface area contributed by atoms with Crippen molar-refractivity contribution in [3.8, 4) is 0 Å². The minimum absolute atomic E-state index is 0.710. The van der Waals surface area contributed by atoms with Crippen LogP contribution in [0.25, 0.3) is 11.0 Å². The van der Waals surface area contributed by atoms with Gasteiger partial charge in [-0.3, -0.25) is 0 Å². The molecule has 3 rings (SSSR count). The smallest absolute Gasteiger partial charge is 0.121 e. The molecule has 0 amide bonds. The van der Waals surface area contributed by atoms with Crippen LogP contribution in [0.1, 0.15) is 11.4 Å². The van der Waals surface area contributed by atoms with Gasteiger partial charge in [0.05, 0.1) is 17.6 Å². The maximum absolute atomic E-state index is 5.95. The molecule has 0 saturated heterocycles. The van der Waals surface area contributed by atoms with Gasteiger partial charge in [0.15, 0.2) is 0 Å². The molecule has 0 aliphatic carbocycles. The summed E-state index contributed by atoms with van der Waals surface area (Å²) in [5.41, 5.74) is 3.19. The number of imidazole rings is 1. The number of fused-ring (bicyclic) bond motifs is 1. The minimum atomic E-state index is 0.710. The van der Waals surface area contributed by atoms with Crippen LogP contribution < -0.4 is 5.32 Å². The van der Waals surface area contributed by atoms with Crippen molar-refractivity contribution < 1.29 is 0 Å². The number of H-pyrrole nitrogens is 1. The number of halogens is 1. The fourth-order valence-electron chi connectivity index (χ4n) is 2.04. The highest BCUT2D eigenvalue weighted by Crippen LogP contribution is 2.17. The molecule has 0 fully saturated rings. The molecular weight excluding hydrogens is 258 g/mol. The number of nitrogens with zero attached hydrogens (tertiary/aromatic N) is 1. The van der Waals surface area contributed by atoms with E-state index in [1.807, 2.05) is 36.4 Å². The molecule has 96 valence electrons. The Morgan fingerprint density at radius 2 is 1.89 bits per heavy atom. The topological polar surface area (TPSA) is 40.7 Å². The molecule has 0 saturated carbocycles. The molecule has 4 heteroatoms. The molecule has 0 atom stereocenters. The number of aromatic amines is 1. The Morgan fingerprint density at radius 1 is 1.05 bits per heavy atom. The second-order valence-corrected chi connectivity index (χ2v) is 4.87. The largest absolute Gasteiger partial charge is 0.341 e. The van der Waals surface area contributed by atoms with Crippen LogP contribution in [0.4, 0.5) is 0 Å². The van der Waals surface area contributed by atoms with Crippen molar-refractivity contribution in [1.29, 1.82) is 0 Å². The first-order valence-corrected chi connectivity index (χ1v) is 6.58. The van der Waals surface area contributed by atoms with Gasteiger partial charge in [-0.05, 0) is 23.8 Å². The minimum Gasteiger partial charge on any atom is -0.341 e. The monoisotopic (exact) mass is 271 g/mol. The van der Waals surface area contributed by atoms with Crippen molar-refractivity contribution in [2.24, 2.45) is 0 Å². The lowest BCUT2D eigenvalue weighted by Gasteiger charge is -2.02. The van der Waals surface area contributed by atoms with Gasteiger partial charge in [-0.1, -0.05) is 41.9 Å². The van der Waals surface area contributed by atoms with Crippen LogP contribution in [0.15, 0.2) is 48.5 Å². The van der Waals surface area contributed by atoms with Crippen LogP contribution in [0.2, 0.25) is 5.02 Å². The quantitative estimate of drug-likeness (QED) is 0.762. The lowest BCUT2D eigenvalue weighted by molar-refractivity contribution is 0.670. The Kier molecular flexibility index (Phi) is 3.49. The molecule has 2 aromatic carbocycles. The van der Waals surface area contributed by atoms with E-state index >= 15 is 0 Å². The zero-order valence-electron chi connectivity index (χ0n) is 10.4. The van der Waals surface area contributed by atoms with E-state index in [1.165, 1.54) is 5.56 Å². The van der Waals surface area contributed by atoms with E-state index in [-0.39, 0.29) is 0 Å². The molecule has 3 aromatic rings. The van der Waals surface area contributed by atoms with Crippen LogP contribution in [-0.4, -0.2) is 9.97 Å². The number of hydrogen-bond acceptors (Lipinski definition) is 2. The summed E-state index contributed by atoms with van der Waals surface area (Å²) in [5, 5.41) is 4.09. The molecule has 1 heterocycles. The molecule has 3 nitrogen and oxygen atoms in total. The predicted octanol–water partition coefficient (Wildman–Crippen LogP) is 3.51. The van der Waals surface area contributed by atoms with Crippen molar-refractivity contribution in [3.05, 3.63) is 64.9 Å². The summed E-state index contributed by atoms with van der Waals surface area (Å²) in [4.78, 5) is 7.77. The molecule has 2 N–H and O–H groups in total. The Hall–Kier alpha value is -1.84. The van der Waals surface area contributed by atoms with Crippen molar-refractivity contribution in [3.63, 3.8) is 0 Å². The number of benzene rings is 2.